The zero-order chi connectivity index (χ0) is 29.4. The molecule has 1 aliphatic heterocycles. The first-order valence-corrected chi connectivity index (χ1v) is 13.5. The van der Waals surface area contributed by atoms with Gasteiger partial charge in [-0.05, 0) is 42.9 Å². The van der Waals surface area contributed by atoms with Gasteiger partial charge < -0.3 is 25.7 Å². The average Bonchev–Trinajstić information content (AvgIpc) is 3.45. The maximum atomic E-state index is 13.6. The van der Waals surface area contributed by atoms with E-state index in [1.807, 2.05) is 30.3 Å². The fourth-order valence-electron chi connectivity index (χ4n) is 4.43. The summed E-state index contributed by atoms with van der Waals surface area (Å²) in [7, 11) is 0. The molecule has 0 fully saturated rings. The van der Waals surface area contributed by atoms with Crippen molar-refractivity contribution in [3.8, 4) is 0 Å². The number of halogens is 1. The molecule has 0 unspecified atom stereocenters. The van der Waals surface area contributed by atoms with Gasteiger partial charge in [0.25, 0.3) is 11.8 Å². The predicted molar refractivity (Wildman–Crippen MR) is 146 cm³/mol. The van der Waals surface area contributed by atoms with E-state index in [0.717, 1.165) is 17.8 Å². The summed E-state index contributed by atoms with van der Waals surface area (Å²) >= 11 is 0. The molecule has 0 aliphatic carbocycles. The van der Waals surface area contributed by atoms with Crippen molar-refractivity contribution in [2.24, 2.45) is 5.92 Å². The molecule has 12 heteroatoms. The zero-order valence-electron chi connectivity index (χ0n) is 22.9. The summed E-state index contributed by atoms with van der Waals surface area (Å²) in [5, 5.41) is 11.1. The number of pyridine rings is 1. The standard InChI is InChI=1S/C29H33FN6O5/c1-17(2)24-28(40)34-22(14-18-8-4-3-5-9-18)29-35-23(16-41-29)25(37)31-13-7-6-10-21(27(39)36-24)33-26(38)20-12-11-19(30)15-32-20/h3-5,8-9,11-12,15-17,21-22,24H,6-7,10,13-14H2,1-2H3,(H,31,37)(H,33,38)(H,34,40)(H,36,39)/t21-,22+,24-/m0/s1. The lowest BCUT2D eigenvalue weighted by molar-refractivity contribution is -0.131. The summed E-state index contributed by atoms with van der Waals surface area (Å²) in [5.74, 6) is -2.86. The Balaban J connectivity index is 1.59. The minimum atomic E-state index is -1.00. The van der Waals surface area contributed by atoms with Gasteiger partial charge >= 0.3 is 0 Å². The molecule has 3 aromatic rings. The van der Waals surface area contributed by atoms with Crippen molar-refractivity contribution >= 4 is 23.6 Å². The molecular formula is C29H33FN6O5. The van der Waals surface area contributed by atoms with E-state index < -0.39 is 47.6 Å². The number of oxazole rings is 1. The highest BCUT2D eigenvalue weighted by molar-refractivity contribution is 5.97. The van der Waals surface area contributed by atoms with Crippen molar-refractivity contribution in [2.45, 2.75) is 57.7 Å². The van der Waals surface area contributed by atoms with Crippen LogP contribution in [0.2, 0.25) is 0 Å². The van der Waals surface area contributed by atoms with Crippen LogP contribution in [0.15, 0.2) is 59.3 Å². The van der Waals surface area contributed by atoms with E-state index in [2.05, 4.69) is 31.2 Å². The molecule has 4 N–H and O–H groups in total. The molecule has 3 heterocycles. The maximum Gasteiger partial charge on any atom is 0.273 e. The van der Waals surface area contributed by atoms with Gasteiger partial charge in [-0.15, -0.1) is 0 Å². The number of rotatable bonds is 5. The Morgan fingerprint density at radius 2 is 1.85 bits per heavy atom. The fraction of sp³-hybridized carbons (Fsp3) is 0.379. The van der Waals surface area contributed by atoms with E-state index in [-0.39, 0.29) is 29.6 Å². The van der Waals surface area contributed by atoms with E-state index >= 15 is 0 Å². The van der Waals surface area contributed by atoms with Crippen LogP contribution in [0.4, 0.5) is 4.39 Å². The van der Waals surface area contributed by atoms with Crippen LogP contribution in [0.3, 0.4) is 0 Å². The third kappa shape index (κ3) is 7.96. The van der Waals surface area contributed by atoms with E-state index in [0.29, 0.717) is 25.8 Å². The molecule has 1 aliphatic rings. The normalized spacial score (nSPS) is 20.6. The number of amides is 4. The van der Waals surface area contributed by atoms with Gasteiger partial charge in [-0.2, -0.15) is 0 Å². The third-order valence-electron chi connectivity index (χ3n) is 6.69. The summed E-state index contributed by atoms with van der Waals surface area (Å²) in [6, 6.07) is 9.05. The first-order valence-electron chi connectivity index (χ1n) is 13.5. The minimum Gasteiger partial charge on any atom is -0.446 e. The molecule has 2 bridgehead atoms. The summed E-state index contributed by atoms with van der Waals surface area (Å²) in [4.78, 5) is 60.6. The molecule has 0 saturated carbocycles. The van der Waals surface area contributed by atoms with Crippen LogP contribution in [0.1, 0.15) is 71.6 Å². The van der Waals surface area contributed by atoms with Gasteiger partial charge in [0.05, 0.1) is 6.20 Å². The number of carbonyl (C=O) groups excluding carboxylic acids is 4. The Morgan fingerprint density at radius 1 is 1.07 bits per heavy atom. The first kappa shape index (κ1) is 29.4. The fourth-order valence-corrected chi connectivity index (χ4v) is 4.43. The predicted octanol–water partition coefficient (Wildman–Crippen LogP) is 2.46. The monoisotopic (exact) mass is 564 g/mol. The Hall–Kier alpha value is -4.61. The summed E-state index contributed by atoms with van der Waals surface area (Å²) < 4.78 is 18.9. The van der Waals surface area contributed by atoms with Gasteiger partial charge in [-0.1, -0.05) is 44.2 Å². The molecule has 2 aromatic heterocycles. The molecule has 216 valence electrons. The molecule has 0 saturated heterocycles. The third-order valence-corrected chi connectivity index (χ3v) is 6.69. The second-order valence-corrected chi connectivity index (χ2v) is 10.2. The molecule has 41 heavy (non-hydrogen) atoms. The minimum absolute atomic E-state index is 0.0509. The quantitative estimate of drug-likeness (QED) is 0.371. The summed E-state index contributed by atoms with van der Waals surface area (Å²) in [6.07, 6.45) is 3.71. The highest BCUT2D eigenvalue weighted by Gasteiger charge is 2.32. The molecule has 4 amide bonds. The molecule has 11 nitrogen and oxygen atoms in total. The van der Waals surface area contributed by atoms with E-state index in [1.54, 1.807) is 13.8 Å². The van der Waals surface area contributed by atoms with Crippen LogP contribution >= 0.6 is 0 Å². The van der Waals surface area contributed by atoms with Crippen molar-refractivity contribution in [1.29, 1.82) is 0 Å². The smallest absolute Gasteiger partial charge is 0.273 e. The Morgan fingerprint density at radius 3 is 2.56 bits per heavy atom. The lowest BCUT2D eigenvalue weighted by atomic mass is 10.00. The van der Waals surface area contributed by atoms with Crippen molar-refractivity contribution in [3.05, 3.63) is 83.6 Å². The second-order valence-electron chi connectivity index (χ2n) is 10.2. The van der Waals surface area contributed by atoms with Crippen molar-refractivity contribution in [3.63, 3.8) is 0 Å². The number of aromatic nitrogens is 2. The van der Waals surface area contributed by atoms with Crippen LogP contribution in [0.25, 0.3) is 0 Å². The van der Waals surface area contributed by atoms with Gasteiger partial charge in [0, 0.05) is 13.0 Å². The van der Waals surface area contributed by atoms with Gasteiger partial charge in [-0.25, -0.2) is 14.4 Å². The van der Waals surface area contributed by atoms with Gasteiger partial charge in [0.1, 0.15) is 35.9 Å². The second kappa shape index (κ2) is 13.6. The van der Waals surface area contributed by atoms with Crippen LogP contribution in [-0.2, 0) is 16.0 Å². The zero-order valence-corrected chi connectivity index (χ0v) is 22.9. The highest BCUT2D eigenvalue weighted by Crippen LogP contribution is 2.20. The molecular weight excluding hydrogens is 531 g/mol. The summed E-state index contributed by atoms with van der Waals surface area (Å²) in [5.41, 5.74) is 0.939. The number of hydrogen-bond acceptors (Lipinski definition) is 7. The largest absolute Gasteiger partial charge is 0.446 e. The topological polar surface area (TPSA) is 155 Å². The average molecular weight is 565 g/mol. The molecule has 1 aromatic carbocycles. The van der Waals surface area contributed by atoms with Crippen LogP contribution in [0.5, 0.6) is 0 Å². The SMILES string of the molecule is CC(C)[C@@H]1NC(=O)[C@@H](NC(=O)c2ccc(F)cn2)CCCCNC(=O)c2coc(n2)[C@@H](Cc2ccccc2)NC1=O. The molecule has 0 spiro atoms. The van der Waals surface area contributed by atoms with Crippen LogP contribution in [-0.4, -0.2) is 52.2 Å². The van der Waals surface area contributed by atoms with Gasteiger partial charge in [0.15, 0.2) is 5.69 Å². The molecule has 4 rings (SSSR count). The lowest BCUT2D eigenvalue weighted by Crippen LogP contribution is -2.56. The summed E-state index contributed by atoms with van der Waals surface area (Å²) in [6.45, 7) is 3.89. The number of fused-ring (bicyclic) bond motifs is 2. The van der Waals surface area contributed by atoms with Gasteiger partial charge in [-0.3, -0.25) is 19.2 Å². The molecule has 0 radical (unpaired) electrons. The number of carbonyl (C=O) groups is 4. The van der Waals surface area contributed by atoms with Gasteiger partial charge in [0.2, 0.25) is 17.7 Å². The van der Waals surface area contributed by atoms with E-state index in [4.69, 9.17) is 4.42 Å². The first-order chi connectivity index (χ1) is 19.7. The molecule has 3 atom stereocenters. The van der Waals surface area contributed by atoms with Crippen LogP contribution < -0.4 is 21.3 Å². The van der Waals surface area contributed by atoms with Crippen molar-refractivity contribution < 1.29 is 28.0 Å². The number of benzene rings is 1. The Kier molecular flexibility index (Phi) is 9.77. The van der Waals surface area contributed by atoms with Crippen molar-refractivity contribution in [2.75, 3.05) is 6.54 Å². The lowest BCUT2D eigenvalue weighted by Gasteiger charge is -2.27. The van der Waals surface area contributed by atoms with E-state index in [1.165, 1.54) is 12.3 Å². The van der Waals surface area contributed by atoms with Crippen molar-refractivity contribution in [1.82, 2.24) is 31.2 Å². The maximum absolute atomic E-state index is 13.6. The highest BCUT2D eigenvalue weighted by atomic mass is 19.1. The number of nitrogens with zero attached hydrogens (tertiary/aromatic N) is 2. The van der Waals surface area contributed by atoms with Crippen LogP contribution in [0, 0.1) is 11.7 Å². The van der Waals surface area contributed by atoms with E-state index in [9.17, 15) is 23.6 Å². The number of nitrogens with one attached hydrogen (secondary N) is 4. The number of hydrogen-bond donors (Lipinski definition) is 4. The Bertz CT molecular complexity index is 1360. The Labute approximate surface area is 236 Å².